The minimum absolute atomic E-state index is 0.242. The molecule has 4 N–H and O–H groups in total. The third-order valence-electron chi connectivity index (χ3n) is 3.51. The van der Waals surface area contributed by atoms with Crippen molar-refractivity contribution in [1.82, 2.24) is 10.6 Å². The Hall–Kier alpha value is -2.08. The van der Waals surface area contributed by atoms with E-state index in [1.165, 1.54) is 0 Å². The molecule has 0 aromatic heterocycles. The quantitative estimate of drug-likeness (QED) is 0.737. The molecule has 0 aliphatic carbocycles. The first-order valence-electron chi connectivity index (χ1n) is 6.67. The lowest BCUT2D eigenvalue weighted by molar-refractivity contribution is -0.120. The Morgan fingerprint density at radius 2 is 2.15 bits per heavy atom. The summed E-state index contributed by atoms with van der Waals surface area (Å²) in [6.45, 7) is 5.28. The molecule has 0 saturated carbocycles. The van der Waals surface area contributed by atoms with Gasteiger partial charge in [0, 0.05) is 24.8 Å². The second kappa shape index (κ2) is 5.92. The molecule has 1 aliphatic heterocycles. The number of primary amides is 1. The highest BCUT2D eigenvalue weighted by atomic mass is 16.2. The van der Waals surface area contributed by atoms with Gasteiger partial charge in [-0.2, -0.15) is 0 Å². The van der Waals surface area contributed by atoms with E-state index < -0.39 is 12.1 Å². The SMILES string of the molecule is CC1CN(C(C)C(=O)NC(N)=O)c2ccccc2CN1. The number of carbonyl (C=O) groups excluding carboxylic acids is 2. The van der Waals surface area contributed by atoms with Crippen LogP contribution in [0.25, 0.3) is 0 Å². The molecule has 2 unspecified atom stereocenters. The molecule has 108 valence electrons. The molecule has 0 fully saturated rings. The summed E-state index contributed by atoms with van der Waals surface area (Å²) in [5.41, 5.74) is 7.16. The zero-order valence-corrected chi connectivity index (χ0v) is 11.7. The number of amides is 3. The van der Waals surface area contributed by atoms with Crippen LogP contribution in [0.5, 0.6) is 0 Å². The number of anilines is 1. The predicted octanol–water partition coefficient (Wildman–Crippen LogP) is 0.568. The molecule has 1 heterocycles. The van der Waals surface area contributed by atoms with E-state index in [4.69, 9.17) is 5.73 Å². The third kappa shape index (κ3) is 3.08. The highest BCUT2D eigenvalue weighted by Gasteiger charge is 2.27. The Bertz CT molecular complexity index is 518. The van der Waals surface area contributed by atoms with Gasteiger partial charge in [0.25, 0.3) is 0 Å². The molecular formula is C14H20N4O2. The molecule has 0 bridgehead atoms. The summed E-state index contributed by atoms with van der Waals surface area (Å²) in [5.74, 6) is -0.388. The number of nitrogens with one attached hydrogen (secondary N) is 2. The van der Waals surface area contributed by atoms with Crippen LogP contribution in [0.4, 0.5) is 10.5 Å². The first kappa shape index (κ1) is 14.3. The van der Waals surface area contributed by atoms with Crippen LogP contribution >= 0.6 is 0 Å². The maximum atomic E-state index is 12.0. The molecule has 1 aromatic rings. The standard InChI is InChI=1S/C14H20N4O2/c1-9-8-18(10(2)13(19)17-14(15)20)12-6-4-3-5-11(12)7-16-9/h3-6,9-10,16H,7-8H2,1-2H3,(H3,15,17,19,20). The van der Waals surface area contributed by atoms with Crippen LogP contribution in [0, 0.1) is 0 Å². The van der Waals surface area contributed by atoms with Gasteiger partial charge in [-0.05, 0) is 25.5 Å². The Labute approximate surface area is 118 Å². The number of hydrogen-bond donors (Lipinski definition) is 3. The van der Waals surface area contributed by atoms with Crippen LogP contribution < -0.4 is 21.3 Å². The average molecular weight is 276 g/mol. The van der Waals surface area contributed by atoms with Gasteiger partial charge in [-0.3, -0.25) is 10.1 Å². The largest absolute Gasteiger partial charge is 0.358 e. The lowest BCUT2D eigenvalue weighted by Gasteiger charge is -2.31. The van der Waals surface area contributed by atoms with E-state index >= 15 is 0 Å². The fourth-order valence-electron chi connectivity index (χ4n) is 2.42. The van der Waals surface area contributed by atoms with Crippen LogP contribution in [0.1, 0.15) is 19.4 Å². The van der Waals surface area contributed by atoms with E-state index in [0.717, 1.165) is 17.8 Å². The zero-order chi connectivity index (χ0) is 14.7. The van der Waals surface area contributed by atoms with Crippen LogP contribution in [-0.4, -0.2) is 30.6 Å². The molecule has 20 heavy (non-hydrogen) atoms. The van der Waals surface area contributed by atoms with E-state index in [1.54, 1.807) is 6.92 Å². The molecule has 3 amide bonds. The fourth-order valence-corrected chi connectivity index (χ4v) is 2.42. The van der Waals surface area contributed by atoms with E-state index in [2.05, 4.69) is 17.6 Å². The van der Waals surface area contributed by atoms with E-state index in [9.17, 15) is 9.59 Å². The highest BCUT2D eigenvalue weighted by molar-refractivity contribution is 5.97. The maximum Gasteiger partial charge on any atom is 0.318 e. The van der Waals surface area contributed by atoms with Crippen LogP contribution in [0.3, 0.4) is 0 Å². The summed E-state index contributed by atoms with van der Waals surface area (Å²) in [6.07, 6.45) is 0. The Kier molecular flexibility index (Phi) is 4.24. The van der Waals surface area contributed by atoms with Gasteiger partial charge < -0.3 is 16.0 Å². The zero-order valence-electron chi connectivity index (χ0n) is 11.7. The molecule has 2 rings (SSSR count). The van der Waals surface area contributed by atoms with Gasteiger partial charge in [0.15, 0.2) is 0 Å². The summed E-state index contributed by atoms with van der Waals surface area (Å²) >= 11 is 0. The van der Waals surface area contributed by atoms with Crippen LogP contribution in [-0.2, 0) is 11.3 Å². The second-order valence-electron chi connectivity index (χ2n) is 5.09. The van der Waals surface area contributed by atoms with E-state index in [1.807, 2.05) is 29.2 Å². The van der Waals surface area contributed by atoms with Gasteiger partial charge in [0.1, 0.15) is 6.04 Å². The maximum absolute atomic E-state index is 12.0. The fraction of sp³-hybridized carbons (Fsp3) is 0.429. The number of rotatable bonds is 2. The molecule has 0 spiro atoms. The average Bonchev–Trinajstić information content (AvgIpc) is 2.57. The Balaban J connectivity index is 2.28. The minimum Gasteiger partial charge on any atom is -0.358 e. The first-order valence-corrected chi connectivity index (χ1v) is 6.67. The van der Waals surface area contributed by atoms with Gasteiger partial charge in [0.05, 0.1) is 0 Å². The number of nitrogens with two attached hydrogens (primary N) is 1. The smallest absolute Gasteiger partial charge is 0.318 e. The summed E-state index contributed by atoms with van der Waals surface area (Å²) in [4.78, 5) is 24.8. The molecular weight excluding hydrogens is 256 g/mol. The minimum atomic E-state index is -0.823. The van der Waals surface area contributed by atoms with Gasteiger partial charge in [-0.1, -0.05) is 18.2 Å². The molecule has 0 radical (unpaired) electrons. The first-order chi connectivity index (χ1) is 9.49. The van der Waals surface area contributed by atoms with Gasteiger partial charge in [-0.15, -0.1) is 0 Å². The Morgan fingerprint density at radius 1 is 1.45 bits per heavy atom. The summed E-state index contributed by atoms with van der Waals surface area (Å²) in [5, 5.41) is 5.54. The molecule has 6 nitrogen and oxygen atoms in total. The third-order valence-corrected chi connectivity index (χ3v) is 3.51. The van der Waals surface area contributed by atoms with Crippen LogP contribution in [0.15, 0.2) is 24.3 Å². The van der Waals surface area contributed by atoms with Gasteiger partial charge in [-0.25, -0.2) is 4.79 Å². The van der Waals surface area contributed by atoms with Crippen molar-refractivity contribution in [1.29, 1.82) is 0 Å². The number of benzene rings is 1. The van der Waals surface area contributed by atoms with E-state index in [0.29, 0.717) is 6.54 Å². The van der Waals surface area contributed by atoms with Crippen molar-refractivity contribution >= 4 is 17.6 Å². The lowest BCUT2D eigenvalue weighted by Crippen LogP contribution is -2.51. The van der Waals surface area contributed by atoms with Crippen LogP contribution in [0.2, 0.25) is 0 Å². The predicted molar refractivity (Wildman–Crippen MR) is 77.3 cm³/mol. The summed E-state index contributed by atoms with van der Waals surface area (Å²) in [6, 6.07) is 6.90. The van der Waals surface area contributed by atoms with Gasteiger partial charge in [0.2, 0.25) is 5.91 Å². The molecule has 6 heteroatoms. The number of imide groups is 1. The number of urea groups is 1. The number of hydrogen-bond acceptors (Lipinski definition) is 4. The topological polar surface area (TPSA) is 87.5 Å². The van der Waals surface area contributed by atoms with E-state index in [-0.39, 0.29) is 11.9 Å². The number of fused-ring (bicyclic) bond motifs is 1. The van der Waals surface area contributed by atoms with Crippen molar-refractivity contribution in [2.24, 2.45) is 5.73 Å². The van der Waals surface area contributed by atoms with Gasteiger partial charge >= 0.3 is 6.03 Å². The molecule has 2 atom stereocenters. The normalized spacial score (nSPS) is 19.7. The molecule has 1 aliphatic rings. The van der Waals surface area contributed by atoms with Crippen molar-refractivity contribution in [3.05, 3.63) is 29.8 Å². The monoisotopic (exact) mass is 276 g/mol. The number of para-hydroxylation sites is 1. The van der Waals surface area contributed by atoms with Crippen molar-refractivity contribution in [3.8, 4) is 0 Å². The lowest BCUT2D eigenvalue weighted by atomic mass is 10.1. The summed E-state index contributed by atoms with van der Waals surface area (Å²) in [7, 11) is 0. The number of nitrogens with zero attached hydrogens (tertiary/aromatic N) is 1. The highest BCUT2D eigenvalue weighted by Crippen LogP contribution is 2.25. The molecule has 1 aromatic carbocycles. The second-order valence-corrected chi connectivity index (χ2v) is 5.09. The van der Waals surface area contributed by atoms with Crippen molar-refractivity contribution in [3.63, 3.8) is 0 Å². The summed E-state index contributed by atoms with van der Waals surface area (Å²) < 4.78 is 0. The Morgan fingerprint density at radius 3 is 2.85 bits per heavy atom. The van der Waals surface area contributed by atoms with Crippen molar-refractivity contribution < 1.29 is 9.59 Å². The van der Waals surface area contributed by atoms with Crippen molar-refractivity contribution in [2.75, 3.05) is 11.4 Å². The number of carbonyl (C=O) groups is 2. The molecule has 0 saturated heterocycles. The van der Waals surface area contributed by atoms with Crippen molar-refractivity contribution in [2.45, 2.75) is 32.5 Å².